The van der Waals surface area contributed by atoms with Crippen molar-refractivity contribution in [1.82, 2.24) is 4.98 Å². The second-order valence-corrected chi connectivity index (χ2v) is 5.83. The average Bonchev–Trinajstić information content (AvgIpc) is 2.61. The van der Waals surface area contributed by atoms with Crippen molar-refractivity contribution in [2.75, 3.05) is 10.6 Å². The first-order valence-electron chi connectivity index (χ1n) is 8.01. The van der Waals surface area contributed by atoms with E-state index in [1.54, 1.807) is 24.3 Å². The third-order valence-electron chi connectivity index (χ3n) is 3.60. The van der Waals surface area contributed by atoms with Crippen LogP contribution in [0.3, 0.4) is 0 Å². The minimum Gasteiger partial charge on any atom is -0.323 e. The van der Waals surface area contributed by atoms with Crippen LogP contribution < -0.4 is 10.6 Å². The van der Waals surface area contributed by atoms with Crippen molar-refractivity contribution in [1.29, 1.82) is 0 Å². The Morgan fingerprint density at radius 2 is 1.61 bits per heavy atom. The van der Waals surface area contributed by atoms with Crippen molar-refractivity contribution >= 4 is 29.1 Å². The number of alkyl halides is 3. The zero-order valence-corrected chi connectivity index (χ0v) is 14.9. The molecule has 2 rings (SSSR count). The van der Waals surface area contributed by atoms with E-state index in [4.69, 9.17) is 0 Å². The Balaban J connectivity index is 1.98. The van der Waals surface area contributed by atoms with Crippen LogP contribution in [0.15, 0.2) is 54.2 Å². The van der Waals surface area contributed by atoms with Gasteiger partial charge in [0.2, 0.25) is 5.91 Å². The van der Waals surface area contributed by atoms with Gasteiger partial charge in [0.15, 0.2) is 5.78 Å². The van der Waals surface area contributed by atoms with E-state index in [2.05, 4.69) is 15.6 Å². The normalized spacial score (nSPS) is 11.7. The molecule has 0 unspecified atom stereocenters. The summed E-state index contributed by atoms with van der Waals surface area (Å²) in [6.07, 6.45) is -2.88. The number of pyridine rings is 1. The van der Waals surface area contributed by atoms with Crippen molar-refractivity contribution < 1.29 is 27.6 Å². The van der Waals surface area contributed by atoms with Crippen LogP contribution in [0.2, 0.25) is 0 Å². The van der Waals surface area contributed by atoms with Gasteiger partial charge in [-0.1, -0.05) is 0 Å². The van der Waals surface area contributed by atoms with Gasteiger partial charge in [-0.2, -0.15) is 13.2 Å². The predicted octanol–water partition coefficient (Wildman–Crippen LogP) is 3.83. The van der Waals surface area contributed by atoms with Crippen molar-refractivity contribution in [2.45, 2.75) is 20.0 Å². The van der Waals surface area contributed by atoms with Gasteiger partial charge in [-0.15, -0.1) is 0 Å². The first-order chi connectivity index (χ1) is 13.1. The molecule has 0 aliphatic carbocycles. The number of carbonyl (C=O) groups is 3. The SMILES string of the molecule is CC(=O)c1ccc(NC(=O)/C=C(/C)C(=O)Nc2ccc(C(F)(F)F)cn2)cc1. The van der Waals surface area contributed by atoms with Crippen molar-refractivity contribution in [3.05, 3.63) is 65.4 Å². The Labute approximate surface area is 158 Å². The molecule has 0 radical (unpaired) electrons. The molecule has 0 aliphatic rings. The number of amides is 2. The summed E-state index contributed by atoms with van der Waals surface area (Å²) in [4.78, 5) is 38.8. The summed E-state index contributed by atoms with van der Waals surface area (Å²) in [5.74, 6) is -1.45. The fourth-order valence-electron chi connectivity index (χ4n) is 2.08. The standard InChI is InChI=1S/C19H16F3N3O3/c1-11(9-17(27)24-15-6-3-13(4-7-15)12(2)26)18(28)25-16-8-5-14(10-23-16)19(20,21)22/h3-10H,1-2H3,(H,24,27)(H,23,25,28)/b11-9-. The smallest absolute Gasteiger partial charge is 0.323 e. The highest BCUT2D eigenvalue weighted by Crippen LogP contribution is 2.28. The second-order valence-electron chi connectivity index (χ2n) is 5.83. The Kier molecular flexibility index (Phi) is 6.29. The van der Waals surface area contributed by atoms with Crippen LogP contribution in [-0.2, 0) is 15.8 Å². The van der Waals surface area contributed by atoms with Gasteiger partial charge in [0.1, 0.15) is 5.82 Å². The number of hydrogen-bond acceptors (Lipinski definition) is 4. The van der Waals surface area contributed by atoms with Gasteiger partial charge < -0.3 is 10.6 Å². The van der Waals surface area contributed by atoms with Crippen molar-refractivity contribution in [3.8, 4) is 0 Å². The molecular formula is C19H16F3N3O3. The van der Waals surface area contributed by atoms with Gasteiger partial charge in [-0.05, 0) is 50.2 Å². The summed E-state index contributed by atoms with van der Waals surface area (Å²) in [5.41, 5.74) is 0.0180. The Bertz CT molecular complexity index is 918. The number of anilines is 2. The van der Waals surface area contributed by atoms with E-state index in [1.165, 1.54) is 13.8 Å². The number of rotatable bonds is 5. The largest absolute Gasteiger partial charge is 0.417 e. The van der Waals surface area contributed by atoms with Crippen LogP contribution in [0.25, 0.3) is 0 Å². The van der Waals surface area contributed by atoms with Gasteiger partial charge in [-0.3, -0.25) is 14.4 Å². The summed E-state index contributed by atoms with van der Waals surface area (Å²) in [7, 11) is 0. The van der Waals surface area contributed by atoms with Crippen LogP contribution in [0.1, 0.15) is 29.8 Å². The molecule has 2 amide bonds. The summed E-state index contributed by atoms with van der Waals surface area (Å²) >= 11 is 0. The molecule has 0 atom stereocenters. The number of Topliss-reactive ketones (excluding diaryl/α,β-unsaturated/α-hetero) is 1. The van der Waals surface area contributed by atoms with Crippen molar-refractivity contribution in [2.24, 2.45) is 0 Å². The molecule has 0 spiro atoms. The van der Waals surface area contributed by atoms with E-state index in [0.717, 1.165) is 18.2 Å². The van der Waals surface area contributed by atoms with Crippen molar-refractivity contribution in [3.63, 3.8) is 0 Å². The van der Waals surface area contributed by atoms with Crippen LogP contribution >= 0.6 is 0 Å². The second kappa shape index (κ2) is 8.47. The van der Waals surface area contributed by atoms with Gasteiger partial charge in [0.25, 0.3) is 5.91 Å². The molecule has 2 aromatic rings. The average molecular weight is 391 g/mol. The lowest BCUT2D eigenvalue weighted by Crippen LogP contribution is -2.17. The lowest BCUT2D eigenvalue weighted by Gasteiger charge is -2.08. The highest BCUT2D eigenvalue weighted by Gasteiger charge is 2.30. The fourth-order valence-corrected chi connectivity index (χ4v) is 2.08. The van der Waals surface area contributed by atoms with Gasteiger partial charge >= 0.3 is 6.18 Å². The number of hydrogen-bond donors (Lipinski definition) is 2. The van der Waals surface area contributed by atoms with E-state index in [-0.39, 0.29) is 17.2 Å². The topological polar surface area (TPSA) is 88.2 Å². The molecule has 0 saturated carbocycles. The molecule has 0 aliphatic heterocycles. The Morgan fingerprint density at radius 3 is 2.11 bits per heavy atom. The minimum absolute atomic E-state index is 0.0274. The highest BCUT2D eigenvalue weighted by atomic mass is 19.4. The highest BCUT2D eigenvalue weighted by molar-refractivity contribution is 6.09. The molecule has 146 valence electrons. The molecular weight excluding hydrogens is 375 g/mol. The van der Waals surface area contributed by atoms with Crippen LogP contribution in [-0.4, -0.2) is 22.6 Å². The number of nitrogens with zero attached hydrogens (tertiary/aromatic N) is 1. The molecule has 1 aromatic heterocycles. The Morgan fingerprint density at radius 1 is 0.964 bits per heavy atom. The van der Waals surface area contributed by atoms with E-state index in [0.29, 0.717) is 17.4 Å². The number of carbonyl (C=O) groups excluding carboxylic acids is 3. The quantitative estimate of drug-likeness (QED) is 0.599. The van der Waals surface area contributed by atoms with E-state index >= 15 is 0 Å². The number of benzene rings is 1. The third kappa shape index (κ3) is 5.76. The summed E-state index contributed by atoms with van der Waals surface area (Å²) in [6.45, 7) is 2.79. The monoisotopic (exact) mass is 391 g/mol. The van der Waals surface area contributed by atoms with Gasteiger partial charge in [0.05, 0.1) is 5.56 Å². The van der Waals surface area contributed by atoms with E-state index in [9.17, 15) is 27.6 Å². The lowest BCUT2D eigenvalue weighted by molar-refractivity contribution is -0.137. The minimum atomic E-state index is -4.52. The first kappa shape index (κ1) is 20.8. The maximum atomic E-state index is 12.5. The number of aromatic nitrogens is 1. The molecule has 0 bridgehead atoms. The maximum Gasteiger partial charge on any atom is 0.417 e. The number of ketones is 1. The van der Waals surface area contributed by atoms with E-state index in [1.807, 2.05) is 0 Å². The zero-order valence-electron chi connectivity index (χ0n) is 14.9. The predicted molar refractivity (Wildman–Crippen MR) is 96.7 cm³/mol. The molecule has 1 aromatic carbocycles. The van der Waals surface area contributed by atoms with Crippen LogP contribution in [0.4, 0.5) is 24.7 Å². The lowest BCUT2D eigenvalue weighted by atomic mass is 10.1. The zero-order chi connectivity index (χ0) is 20.9. The summed E-state index contributed by atoms with van der Waals surface area (Å²) in [5, 5.41) is 4.84. The van der Waals surface area contributed by atoms with E-state index < -0.39 is 23.6 Å². The maximum absolute atomic E-state index is 12.5. The molecule has 1 heterocycles. The molecule has 9 heteroatoms. The fraction of sp³-hybridized carbons (Fsp3) is 0.158. The molecule has 0 saturated heterocycles. The molecule has 28 heavy (non-hydrogen) atoms. The van der Waals surface area contributed by atoms with Gasteiger partial charge in [-0.25, -0.2) is 4.98 Å². The number of halogens is 3. The number of nitrogens with one attached hydrogen (secondary N) is 2. The Hall–Kier alpha value is -3.49. The molecule has 6 nitrogen and oxygen atoms in total. The first-order valence-corrected chi connectivity index (χ1v) is 8.01. The van der Waals surface area contributed by atoms with Gasteiger partial charge in [0, 0.05) is 29.1 Å². The van der Waals surface area contributed by atoms with Crippen LogP contribution in [0.5, 0.6) is 0 Å². The summed E-state index contributed by atoms with van der Waals surface area (Å²) in [6, 6.07) is 8.01. The third-order valence-corrected chi connectivity index (χ3v) is 3.60. The van der Waals surface area contributed by atoms with Crippen LogP contribution in [0, 0.1) is 0 Å². The summed E-state index contributed by atoms with van der Waals surface area (Å²) < 4.78 is 37.5. The molecule has 2 N–H and O–H groups in total. The molecule has 0 fully saturated rings.